The minimum atomic E-state index is -0.248. The van der Waals surface area contributed by atoms with E-state index in [1.807, 2.05) is 54.6 Å². The summed E-state index contributed by atoms with van der Waals surface area (Å²) in [4.78, 5) is 31.6. The summed E-state index contributed by atoms with van der Waals surface area (Å²) >= 11 is 0. The average Bonchev–Trinajstić information content (AvgIpc) is 3.22. The Bertz CT molecular complexity index is 1240. The van der Waals surface area contributed by atoms with Gasteiger partial charge in [0.25, 0.3) is 5.91 Å². The van der Waals surface area contributed by atoms with Crippen molar-refractivity contribution in [3.05, 3.63) is 72.3 Å². The van der Waals surface area contributed by atoms with E-state index in [0.717, 1.165) is 33.7 Å². The molecule has 0 saturated heterocycles. The fourth-order valence-electron chi connectivity index (χ4n) is 3.60. The molecule has 1 aliphatic heterocycles. The molecule has 1 aliphatic rings. The molecule has 0 radical (unpaired) electrons. The van der Waals surface area contributed by atoms with Gasteiger partial charge in [-0.05, 0) is 66.6 Å². The van der Waals surface area contributed by atoms with Crippen LogP contribution >= 0.6 is 0 Å². The quantitative estimate of drug-likeness (QED) is 0.459. The van der Waals surface area contributed by atoms with Crippen LogP contribution in [0.4, 0.5) is 11.4 Å². The van der Waals surface area contributed by atoms with Gasteiger partial charge in [0.15, 0.2) is 6.61 Å². The van der Waals surface area contributed by atoms with E-state index in [-0.39, 0.29) is 18.4 Å². The molecular weight excluding hydrogens is 392 g/mol. The van der Waals surface area contributed by atoms with E-state index in [4.69, 9.17) is 4.74 Å². The molecule has 2 amide bonds. The van der Waals surface area contributed by atoms with Gasteiger partial charge >= 0.3 is 0 Å². The van der Waals surface area contributed by atoms with Crippen molar-refractivity contribution in [3.63, 3.8) is 0 Å². The predicted octanol–water partition coefficient (Wildman–Crippen LogP) is 4.13. The van der Waals surface area contributed by atoms with Gasteiger partial charge in [0.05, 0.1) is 11.0 Å². The minimum Gasteiger partial charge on any atom is -0.484 e. The van der Waals surface area contributed by atoms with E-state index in [9.17, 15) is 9.59 Å². The summed E-state index contributed by atoms with van der Waals surface area (Å²) in [5, 5.41) is 5.66. The van der Waals surface area contributed by atoms with Crippen LogP contribution in [0, 0.1) is 0 Å². The zero-order valence-electron chi connectivity index (χ0n) is 16.6. The lowest BCUT2D eigenvalue weighted by molar-refractivity contribution is -0.118. The Kier molecular flexibility index (Phi) is 4.84. The number of carbonyl (C=O) groups excluding carboxylic acids is 2. The van der Waals surface area contributed by atoms with Crippen molar-refractivity contribution in [1.29, 1.82) is 0 Å². The van der Waals surface area contributed by atoms with Crippen LogP contribution in [-0.4, -0.2) is 28.4 Å². The first-order valence-electron chi connectivity index (χ1n) is 10.0. The van der Waals surface area contributed by atoms with Crippen molar-refractivity contribution in [2.45, 2.75) is 12.8 Å². The lowest BCUT2D eigenvalue weighted by atomic mass is 10.0. The molecule has 7 nitrogen and oxygen atoms in total. The molecule has 31 heavy (non-hydrogen) atoms. The molecule has 3 N–H and O–H groups in total. The second-order valence-electron chi connectivity index (χ2n) is 7.38. The van der Waals surface area contributed by atoms with Gasteiger partial charge in [0.2, 0.25) is 5.91 Å². The average molecular weight is 412 g/mol. The molecule has 3 aromatic carbocycles. The highest BCUT2D eigenvalue weighted by atomic mass is 16.5. The number of carbonyl (C=O) groups is 2. The summed E-state index contributed by atoms with van der Waals surface area (Å²) in [7, 11) is 0. The second kappa shape index (κ2) is 7.95. The molecule has 0 atom stereocenters. The van der Waals surface area contributed by atoms with E-state index in [1.165, 1.54) is 0 Å². The smallest absolute Gasteiger partial charge is 0.262 e. The monoisotopic (exact) mass is 412 g/mol. The van der Waals surface area contributed by atoms with Crippen LogP contribution in [-0.2, 0) is 16.0 Å². The number of imidazole rings is 1. The Morgan fingerprint density at radius 1 is 1.03 bits per heavy atom. The maximum atomic E-state index is 12.3. The van der Waals surface area contributed by atoms with Crippen LogP contribution in [0.5, 0.6) is 5.75 Å². The molecule has 7 heteroatoms. The number of anilines is 2. The third-order valence-corrected chi connectivity index (χ3v) is 5.17. The lowest BCUT2D eigenvalue weighted by Gasteiger charge is -2.17. The number of aromatic amines is 1. The first-order valence-corrected chi connectivity index (χ1v) is 10.0. The number of aromatic nitrogens is 2. The van der Waals surface area contributed by atoms with Crippen molar-refractivity contribution in [3.8, 4) is 17.1 Å². The highest BCUT2D eigenvalue weighted by Crippen LogP contribution is 2.27. The molecule has 0 saturated carbocycles. The number of nitrogens with one attached hydrogen (secondary N) is 3. The number of fused-ring (bicyclic) bond motifs is 2. The molecule has 5 rings (SSSR count). The van der Waals surface area contributed by atoms with Gasteiger partial charge in [-0.2, -0.15) is 0 Å². The van der Waals surface area contributed by atoms with E-state index in [2.05, 4.69) is 20.6 Å². The molecule has 0 unspecified atom stereocenters. The molecule has 2 heterocycles. The van der Waals surface area contributed by atoms with Crippen LogP contribution < -0.4 is 15.4 Å². The minimum absolute atomic E-state index is 0.0203. The third kappa shape index (κ3) is 4.11. The highest BCUT2D eigenvalue weighted by Gasteiger charge is 2.15. The summed E-state index contributed by atoms with van der Waals surface area (Å²) in [6.45, 7) is -0.101. The van der Waals surface area contributed by atoms with Crippen LogP contribution in [0.25, 0.3) is 22.4 Å². The molecular formula is C24H20N4O3. The van der Waals surface area contributed by atoms with Crippen LogP contribution in [0.1, 0.15) is 12.0 Å². The van der Waals surface area contributed by atoms with Gasteiger partial charge in [-0.15, -0.1) is 0 Å². The van der Waals surface area contributed by atoms with Crippen molar-refractivity contribution in [1.82, 2.24) is 9.97 Å². The summed E-state index contributed by atoms with van der Waals surface area (Å²) in [6, 6.07) is 20.8. The van der Waals surface area contributed by atoms with Gasteiger partial charge in [-0.25, -0.2) is 4.98 Å². The van der Waals surface area contributed by atoms with E-state index in [0.29, 0.717) is 24.3 Å². The highest BCUT2D eigenvalue weighted by molar-refractivity contribution is 5.94. The largest absolute Gasteiger partial charge is 0.484 e. The van der Waals surface area contributed by atoms with Crippen LogP contribution in [0.2, 0.25) is 0 Å². The molecule has 1 aromatic heterocycles. The number of hydrogen-bond donors (Lipinski definition) is 3. The van der Waals surface area contributed by atoms with E-state index >= 15 is 0 Å². The maximum Gasteiger partial charge on any atom is 0.262 e. The summed E-state index contributed by atoms with van der Waals surface area (Å²) < 4.78 is 5.62. The fraction of sp³-hybridized carbons (Fsp3) is 0.125. The molecule has 0 bridgehead atoms. The number of hydrogen-bond acceptors (Lipinski definition) is 4. The Morgan fingerprint density at radius 2 is 1.87 bits per heavy atom. The number of amides is 2. The molecule has 0 fully saturated rings. The topological polar surface area (TPSA) is 96.1 Å². The van der Waals surface area contributed by atoms with Crippen molar-refractivity contribution >= 4 is 34.2 Å². The van der Waals surface area contributed by atoms with Crippen molar-refractivity contribution in [2.24, 2.45) is 0 Å². The lowest BCUT2D eigenvalue weighted by Crippen LogP contribution is -2.21. The number of nitrogens with zero attached hydrogens (tertiary/aromatic N) is 1. The van der Waals surface area contributed by atoms with Crippen molar-refractivity contribution < 1.29 is 14.3 Å². The summed E-state index contributed by atoms with van der Waals surface area (Å²) in [5.41, 5.74) is 5.33. The fourth-order valence-corrected chi connectivity index (χ4v) is 3.60. The predicted molar refractivity (Wildman–Crippen MR) is 119 cm³/mol. The summed E-state index contributed by atoms with van der Waals surface area (Å²) in [5.74, 6) is 1.16. The van der Waals surface area contributed by atoms with Crippen LogP contribution in [0.3, 0.4) is 0 Å². The maximum absolute atomic E-state index is 12.3. The number of aryl methyl sites for hydroxylation is 1. The first-order chi connectivity index (χ1) is 15.1. The van der Waals surface area contributed by atoms with Crippen LogP contribution in [0.15, 0.2) is 66.7 Å². The van der Waals surface area contributed by atoms with Gasteiger partial charge in [0, 0.05) is 23.4 Å². The van der Waals surface area contributed by atoms with Gasteiger partial charge < -0.3 is 20.4 Å². The van der Waals surface area contributed by atoms with Gasteiger partial charge in [-0.1, -0.05) is 12.1 Å². The van der Waals surface area contributed by atoms with E-state index in [1.54, 1.807) is 12.1 Å². The van der Waals surface area contributed by atoms with Crippen molar-refractivity contribution in [2.75, 3.05) is 17.2 Å². The zero-order chi connectivity index (χ0) is 21.2. The molecule has 154 valence electrons. The number of benzene rings is 3. The summed E-state index contributed by atoms with van der Waals surface area (Å²) in [6.07, 6.45) is 1.13. The number of H-pyrrole nitrogens is 1. The van der Waals surface area contributed by atoms with Gasteiger partial charge in [0.1, 0.15) is 11.6 Å². The standard InChI is InChI=1S/C24H20N4O3/c29-22-12-7-16-13-18(10-11-19(16)26-22)31-14-23(30)25-17-8-5-15(6-9-17)24-27-20-3-1-2-4-21(20)28-24/h1-6,8-11,13H,7,12,14H2,(H,25,30)(H,26,29)(H,27,28). The Balaban J connectivity index is 1.19. The van der Waals surface area contributed by atoms with E-state index < -0.39 is 0 Å². The molecule has 4 aromatic rings. The number of para-hydroxylation sites is 2. The SMILES string of the molecule is O=C(COc1ccc2c(c1)CCC(=O)N2)Nc1ccc(-c2nc3ccccc3[nH]2)cc1. The zero-order valence-corrected chi connectivity index (χ0v) is 16.6. The number of ether oxygens (including phenoxy) is 1. The first kappa shape index (κ1) is 18.9. The normalized spacial score (nSPS) is 12.8. The second-order valence-corrected chi connectivity index (χ2v) is 7.38. The Labute approximate surface area is 178 Å². The Morgan fingerprint density at radius 3 is 2.71 bits per heavy atom. The van der Waals surface area contributed by atoms with Gasteiger partial charge in [-0.3, -0.25) is 9.59 Å². The molecule has 0 spiro atoms. The third-order valence-electron chi connectivity index (χ3n) is 5.17. The number of rotatable bonds is 5. The Hall–Kier alpha value is -4.13. The molecule has 0 aliphatic carbocycles.